The molecule has 3 aromatic rings. The molecule has 1 N–H and O–H groups in total. The smallest absolute Gasteiger partial charge is 0.265 e. The van der Waals surface area contributed by atoms with E-state index in [9.17, 15) is 18.0 Å². The summed E-state index contributed by atoms with van der Waals surface area (Å²) in [7, 11) is -4.05. The Morgan fingerprint density at radius 2 is 1.94 bits per heavy atom. The van der Waals surface area contributed by atoms with Crippen molar-refractivity contribution in [3.05, 3.63) is 58.4 Å². The number of rotatable bonds is 5. The number of sulfonamides is 1. The van der Waals surface area contributed by atoms with Crippen LogP contribution in [0.4, 0.5) is 5.69 Å². The van der Waals surface area contributed by atoms with Crippen LogP contribution < -0.4 is 14.4 Å². The average Bonchev–Trinajstić information content (AvgIpc) is 3.16. The minimum absolute atomic E-state index is 0.0265. The van der Waals surface area contributed by atoms with Crippen LogP contribution >= 0.6 is 11.3 Å². The number of anilines is 1. The number of nitrogens with one attached hydrogen (secondary N) is 1. The minimum Gasteiger partial charge on any atom is -0.482 e. The van der Waals surface area contributed by atoms with E-state index >= 15 is 0 Å². The fourth-order valence-corrected chi connectivity index (χ4v) is 4.73. The number of carbonyl (C=O) groups is 2. The predicted molar refractivity (Wildman–Crippen MR) is 117 cm³/mol. The van der Waals surface area contributed by atoms with Crippen LogP contribution in [0.3, 0.4) is 0 Å². The standard InChI is InChI=1S/C21H19N3O5S2/c1-13-3-6-16(7-4-13)31(27,28)23-20(25)10-24-18-9-15(17-12-30-14(2)22-17)5-8-19(18)29-11-21(24)26/h3-9,12H,10-11H2,1-2H3,(H,23,25). The lowest BCUT2D eigenvalue weighted by Gasteiger charge is -2.29. The molecule has 4 rings (SSSR count). The summed E-state index contributed by atoms with van der Waals surface area (Å²) in [6.07, 6.45) is 0. The van der Waals surface area contributed by atoms with E-state index < -0.39 is 28.4 Å². The molecule has 1 aromatic heterocycles. The second-order valence-corrected chi connectivity index (χ2v) is 9.79. The van der Waals surface area contributed by atoms with Gasteiger partial charge in [-0.15, -0.1) is 11.3 Å². The molecule has 0 radical (unpaired) electrons. The first-order valence-electron chi connectivity index (χ1n) is 9.35. The van der Waals surface area contributed by atoms with E-state index in [4.69, 9.17) is 4.74 Å². The summed E-state index contributed by atoms with van der Waals surface area (Å²) in [4.78, 5) is 30.7. The number of hydrogen-bond acceptors (Lipinski definition) is 7. The van der Waals surface area contributed by atoms with E-state index in [1.54, 1.807) is 24.3 Å². The first-order valence-corrected chi connectivity index (χ1v) is 11.7. The van der Waals surface area contributed by atoms with E-state index in [0.717, 1.165) is 21.8 Å². The molecule has 0 saturated carbocycles. The Labute approximate surface area is 183 Å². The summed E-state index contributed by atoms with van der Waals surface area (Å²) < 4.78 is 32.5. The van der Waals surface area contributed by atoms with E-state index in [1.807, 2.05) is 30.0 Å². The molecule has 0 bridgehead atoms. The summed E-state index contributed by atoms with van der Waals surface area (Å²) in [5, 5.41) is 2.80. The summed E-state index contributed by atoms with van der Waals surface area (Å²) >= 11 is 1.50. The van der Waals surface area contributed by atoms with Gasteiger partial charge in [-0.1, -0.05) is 17.7 Å². The third-order valence-electron chi connectivity index (χ3n) is 4.70. The van der Waals surface area contributed by atoms with Crippen LogP contribution in [0.25, 0.3) is 11.3 Å². The number of aryl methyl sites for hydroxylation is 2. The number of carbonyl (C=O) groups excluding carboxylic acids is 2. The van der Waals surface area contributed by atoms with E-state index in [0.29, 0.717) is 11.4 Å². The van der Waals surface area contributed by atoms with Crippen molar-refractivity contribution in [1.29, 1.82) is 0 Å². The minimum atomic E-state index is -4.05. The molecule has 8 nitrogen and oxygen atoms in total. The fourth-order valence-electron chi connectivity index (χ4n) is 3.13. The Kier molecular flexibility index (Phi) is 5.50. The van der Waals surface area contributed by atoms with Gasteiger partial charge in [0.1, 0.15) is 12.3 Å². The summed E-state index contributed by atoms with van der Waals surface area (Å²) in [6, 6.07) is 11.4. The van der Waals surface area contributed by atoms with Gasteiger partial charge in [0, 0.05) is 10.9 Å². The van der Waals surface area contributed by atoms with Gasteiger partial charge in [0.15, 0.2) is 6.61 Å². The fraction of sp³-hybridized carbons (Fsp3) is 0.190. The highest BCUT2D eigenvalue weighted by Gasteiger charge is 2.29. The molecule has 0 fully saturated rings. The Balaban J connectivity index is 1.58. The van der Waals surface area contributed by atoms with Crippen molar-refractivity contribution < 1.29 is 22.7 Å². The molecule has 0 spiro atoms. The lowest BCUT2D eigenvalue weighted by Crippen LogP contribution is -2.46. The number of thiazole rings is 1. The molecule has 0 aliphatic carbocycles. The molecule has 0 saturated heterocycles. The lowest BCUT2D eigenvalue weighted by atomic mass is 10.1. The molecular weight excluding hydrogens is 438 g/mol. The average molecular weight is 458 g/mol. The largest absolute Gasteiger partial charge is 0.482 e. The second kappa shape index (κ2) is 8.12. The number of aromatic nitrogens is 1. The van der Waals surface area contributed by atoms with Crippen molar-refractivity contribution in [2.24, 2.45) is 0 Å². The Hall–Kier alpha value is -3.24. The summed E-state index contributed by atoms with van der Waals surface area (Å²) in [5.74, 6) is -0.830. The highest BCUT2D eigenvalue weighted by molar-refractivity contribution is 7.90. The number of nitrogens with zero attached hydrogens (tertiary/aromatic N) is 2. The Morgan fingerprint density at radius 3 is 2.61 bits per heavy atom. The molecule has 2 aromatic carbocycles. The van der Waals surface area contributed by atoms with Crippen molar-refractivity contribution in [1.82, 2.24) is 9.71 Å². The van der Waals surface area contributed by atoms with Gasteiger partial charge < -0.3 is 4.74 Å². The maximum atomic E-state index is 12.5. The normalized spacial score (nSPS) is 13.5. The van der Waals surface area contributed by atoms with Crippen LogP contribution in [-0.2, 0) is 19.6 Å². The van der Waals surface area contributed by atoms with Gasteiger partial charge in [-0.25, -0.2) is 18.1 Å². The van der Waals surface area contributed by atoms with Crippen LogP contribution in [-0.4, -0.2) is 38.4 Å². The van der Waals surface area contributed by atoms with Crippen molar-refractivity contribution >= 4 is 38.9 Å². The van der Waals surface area contributed by atoms with E-state index in [-0.39, 0.29) is 11.5 Å². The zero-order chi connectivity index (χ0) is 22.2. The Bertz CT molecular complexity index is 1270. The lowest BCUT2D eigenvalue weighted by molar-refractivity contribution is -0.124. The third-order valence-corrected chi connectivity index (χ3v) is 6.86. The monoisotopic (exact) mass is 457 g/mol. The Morgan fingerprint density at radius 1 is 1.19 bits per heavy atom. The maximum Gasteiger partial charge on any atom is 0.265 e. The molecular formula is C21H19N3O5S2. The van der Waals surface area contributed by atoms with Crippen LogP contribution in [0.2, 0.25) is 0 Å². The van der Waals surface area contributed by atoms with Gasteiger partial charge in [-0.2, -0.15) is 0 Å². The number of benzene rings is 2. The molecule has 160 valence electrons. The molecule has 0 atom stereocenters. The third kappa shape index (κ3) is 4.44. The molecule has 1 aliphatic rings. The highest BCUT2D eigenvalue weighted by Crippen LogP contribution is 2.36. The van der Waals surface area contributed by atoms with Gasteiger partial charge in [-0.05, 0) is 44.2 Å². The second-order valence-electron chi connectivity index (χ2n) is 7.04. The number of fused-ring (bicyclic) bond motifs is 1. The molecule has 1 aliphatic heterocycles. The predicted octanol–water partition coefficient (Wildman–Crippen LogP) is 2.66. The van der Waals surface area contributed by atoms with Gasteiger partial charge in [0.25, 0.3) is 21.8 Å². The van der Waals surface area contributed by atoms with Crippen LogP contribution in [0.15, 0.2) is 52.7 Å². The summed E-state index contributed by atoms with van der Waals surface area (Å²) in [6.45, 7) is 3.03. The maximum absolute atomic E-state index is 12.5. The SMILES string of the molecule is Cc1ccc(S(=O)(=O)NC(=O)CN2C(=O)COc3ccc(-c4csc(C)n4)cc32)cc1. The zero-order valence-corrected chi connectivity index (χ0v) is 18.4. The van der Waals surface area contributed by atoms with Gasteiger partial charge >= 0.3 is 0 Å². The van der Waals surface area contributed by atoms with Crippen LogP contribution in [0.5, 0.6) is 5.75 Å². The molecule has 0 unspecified atom stereocenters. The van der Waals surface area contributed by atoms with E-state index in [1.165, 1.54) is 28.4 Å². The zero-order valence-electron chi connectivity index (χ0n) is 16.8. The van der Waals surface area contributed by atoms with Crippen molar-refractivity contribution in [2.45, 2.75) is 18.7 Å². The van der Waals surface area contributed by atoms with Gasteiger partial charge in [0.2, 0.25) is 0 Å². The van der Waals surface area contributed by atoms with Gasteiger partial charge in [0.05, 0.1) is 21.3 Å². The van der Waals surface area contributed by atoms with Crippen molar-refractivity contribution in [2.75, 3.05) is 18.1 Å². The number of hydrogen-bond donors (Lipinski definition) is 1. The summed E-state index contributed by atoms with van der Waals surface area (Å²) in [5.41, 5.74) is 2.79. The molecule has 2 heterocycles. The first-order chi connectivity index (χ1) is 14.7. The van der Waals surface area contributed by atoms with Crippen molar-refractivity contribution in [3.8, 4) is 17.0 Å². The quantitative estimate of drug-likeness (QED) is 0.632. The van der Waals surface area contributed by atoms with Crippen LogP contribution in [0, 0.1) is 13.8 Å². The van der Waals surface area contributed by atoms with Crippen molar-refractivity contribution in [3.63, 3.8) is 0 Å². The molecule has 2 amide bonds. The molecule has 10 heteroatoms. The molecule has 31 heavy (non-hydrogen) atoms. The van der Waals surface area contributed by atoms with Gasteiger partial charge in [-0.3, -0.25) is 14.5 Å². The topological polar surface area (TPSA) is 106 Å². The number of amides is 2. The van der Waals surface area contributed by atoms with E-state index in [2.05, 4.69) is 4.98 Å². The number of ether oxygens (including phenoxy) is 1. The highest BCUT2D eigenvalue weighted by atomic mass is 32.2. The van der Waals surface area contributed by atoms with Crippen LogP contribution in [0.1, 0.15) is 10.6 Å². The first kappa shape index (κ1) is 21.0.